The Morgan fingerprint density at radius 3 is 2.43 bits per heavy atom. The highest BCUT2D eigenvalue weighted by atomic mass is 32.1. The third kappa shape index (κ3) is 3.68. The molecular formula is C18H18N2OS2. The van der Waals surface area contributed by atoms with Crippen LogP contribution in [0.4, 0.5) is 0 Å². The third-order valence-corrected chi connectivity index (χ3v) is 4.78. The standard InChI is InChI=1S/C18H18N2OS2/c1-13-7-14(2)9-16(8-13)11-20-17(22)3-5-19(18(20)21)10-15-4-6-23-12-15/h3-9,12H,10-11H2,1-2H3. The van der Waals surface area contributed by atoms with Crippen LogP contribution < -0.4 is 5.69 Å². The second kappa shape index (κ2) is 6.64. The van der Waals surface area contributed by atoms with Crippen molar-refractivity contribution in [2.75, 3.05) is 0 Å². The van der Waals surface area contributed by atoms with Crippen molar-refractivity contribution in [2.24, 2.45) is 0 Å². The van der Waals surface area contributed by atoms with Gasteiger partial charge in [-0.05, 0) is 47.9 Å². The Morgan fingerprint density at radius 1 is 1.04 bits per heavy atom. The molecule has 0 saturated heterocycles. The molecule has 0 fully saturated rings. The second-order valence-corrected chi connectivity index (χ2v) is 6.98. The van der Waals surface area contributed by atoms with Crippen LogP contribution in [0.5, 0.6) is 0 Å². The Kier molecular flexibility index (Phi) is 4.59. The summed E-state index contributed by atoms with van der Waals surface area (Å²) in [5.74, 6) is 0. The number of aryl methyl sites for hydroxylation is 2. The van der Waals surface area contributed by atoms with E-state index < -0.39 is 0 Å². The van der Waals surface area contributed by atoms with E-state index in [4.69, 9.17) is 12.2 Å². The molecule has 3 aromatic rings. The lowest BCUT2D eigenvalue weighted by atomic mass is 10.1. The largest absolute Gasteiger partial charge is 0.329 e. The molecule has 118 valence electrons. The second-order valence-electron chi connectivity index (χ2n) is 5.78. The Balaban J connectivity index is 1.98. The fourth-order valence-electron chi connectivity index (χ4n) is 2.74. The van der Waals surface area contributed by atoms with Gasteiger partial charge in [0.15, 0.2) is 0 Å². The van der Waals surface area contributed by atoms with Crippen molar-refractivity contribution in [1.29, 1.82) is 0 Å². The SMILES string of the molecule is Cc1cc(C)cc(Cn2c(=S)ccn(Cc3ccsc3)c2=O)c1. The average molecular weight is 342 g/mol. The molecule has 0 bridgehead atoms. The van der Waals surface area contributed by atoms with Gasteiger partial charge in [0.05, 0.1) is 13.1 Å². The highest BCUT2D eigenvalue weighted by molar-refractivity contribution is 7.71. The molecule has 0 aliphatic rings. The first-order valence-corrected chi connectivity index (χ1v) is 8.76. The molecule has 0 spiro atoms. The normalized spacial score (nSPS) is 10.9. The van der Waals surface area contributed by atoms with E-state index in [-0.39, 0.29) is 5.69 Å². The predicted molar refractivity (Wildman–Crippen MR) is 98.0 cm³/mol. The van der Waals surface area contributed by atoms with Crippen LogP contribution >= 0.6 is 23.6 Å². The minimum absolute atomic E-state index is 0.0668. The van der Waals surface area contributed by atoms with E-state index in [1.165, 1.54) is 11.1 Å². The Morgan fingerprint density at radius 2 is 1.78 bits per heavy atom. The molecule has 0 amide bonds. The maximum absolute atomic E-state index is 12.8. The molecule has 0 saturated carbocycles. The Labute approximate surface area is 144 Å². The predicted octanol–water partition coefficient (Wildman–Crippen LogP) is 4.15. The molecule has 23 heavy (non-hydrogen) atoms. The van der Waals surface area contributed by atoms with Gasteiger partial charge in [0, 0.05) is 6.20 Å². The minimum Gasteiger partial charge on any atom is -0.296 e. The van der Waals surface area contributed by atoms with E-state index in [0.717, 1.165) is 11.1 Å². The molecule has 2 heterocycles. The molecule has 3 rings (SSSR count). The number of hydrogen-bond acceptors (Lipinski definition) is 3. The first-order chi connectivity index (χ1) is 11.0. The zero-order valence-electron chi connectivity index (χ0n) is 13.2. The van der Waals surface area contributed by atoms with E-state index in [0.29, 0.717) is 17.7 Å². The van der Waals surface area contributed by atoms with Crippen LogP contribution in [-0.2, 0) is 13.1 Å². The molecule has 0 atom stereocenters. The van der Waals surface area contributed by atoms with Gasteiger partial charge in [-0.2, -0.15) is 11.3 Å². The smallest absolute Gasteiger partial charge is 0.296 e. The fourth-order valence-corrected chi connectivity index (χ4v) is 3.61. The van der Waals surface area contributed by atoms with Crippen molar-refractivity contribution in [3.8, 4) is 0 Å². The van der Waals surface area contributed by atoms with Crippen LogP contribution in [0.1, 0.15) is 22.3 Å². The Hall–Kier alpha value is -1.98. The molecule has 1 aromatic carbocycles. The number of nitrogens with zero attached hydrogens (tertiary/aromatic N) is 2. The fraction of sp³-hybridized carbons (Fsp3) is 0.222. The van der Waals surface area contributed by atoms with Crippen molar-refractivity contribution in [3.63, 3.8) is 0 Å². The monoisotopic (exact) mass is 342 g/mol. The molecule has 5 heteroatoms. The van der Waals surface area contributed by atoms with Crippen molar-refractivity contribution in [3.05, 3.63) is 84.7 Å². The summed E-state index contributed by atoms with van der Waals surface area (Å²) in [4.78, 5) is 12.8. The number of hydrogen-bond donors (Lipinski definition) is 0. The van der Waals surface area contributed by atoms with Gasteiger partial charge in [-0.3, -0.25) is 9.13 Å². The van der Waals surface area contributed by atoms with Crippen LogP contribution in [0.15, 0.2) is 52.1 Å². The van der Waals surface area contributed by atoms with Gasteiger partial charge in [-0.1, -0.05) is 41.5 Å². The van der Waals surface area contributed by atoms with Gasteiger partial charge >= 0.3 is 5.69 Å². The van der Waals surface area contributed by atoms with Crippen LogP contribution in [0.25, 0.3) is 0 Å². The van der Waals surface area contributed by atoms with Crippen LogP contribution in [-0.4, -0.2) is 9.13 Å². The summed E-state index contributed by atoms with van der Waals surface area (Å²) < 4.78 is 3.94. The summed E-state index contributed by atoms with van der Waals surface area (Å²) in [5, 5.41) is 4.08. The van der Waals surface area contributed by atoms with Crippen molar-refractivity contribution < 1.29 is 0 Å². The summed E-state index contributed by atoms with van der Waals surface area (Å²) in [7, 11) is 0. The molecule has 0 aliphatic carbocycles. The van der Waals surface area contributed by atoms with E-state index >= 15 is 0 Å². The van der Waals surface area contributed by atoms with Gasteiger partial charge in [0.1, 0.15) is 4.64 Å². The van der Waals surface area contributed by atoms with Crippen molar-refractivity contribution >= 4 is 23.6 Å². The summed E-state index contributed by atoms with van der Waals surface area (Å²) >= 11 is 7.00. The van der Waals surface area contributed by atoms with E-state index in [1.54, 1.807) is 26.7 Å². The van der Waals surface area contributed by atoms with Crippen molar-refractivity contribution in [1.82, 2.24) is 9.13 Å². The van der Waals surface area contributed by atoms with E-state index in [2.05, 4.69) is 37.4 Å². The lowest BCUT2D eigenvalue weighted by molar-refractivity contribution is 0.622. The molecule has 0 aliphatic heterocycles. The summed E-state index contributed by atoms with van der Waals surface area (Å²) in [6.07, 6.45) is 1.78. The van der Waals surface area contributed by atoms with Gasteiger partial charge < -0.3 is 0 Å². The van der Waals surface area contributed by atoms with Gasteiger partial charge in [-0.25, -0.2) is 4.79 Å². The summed E-state index contributed by atoms with van der Waals surface area (Å²) in [6, 6.07) is 10.2. The van der Waals surface area contributed by atoms with E-state index in [1.807, 2.05) is 17.5 Å². The van der Waals surface area contributed by atoms with Gasteiger partial charge in [0.25, 0.3) is 0 Å². The molecule has 0 radical (unpaired) electrons. The maximum Gasteiger partial charge on any atom is 0.329 e. The van der Waals surface area contributed by atoms with Crippen molar-refractivity contribution in [2.45, 2.75) is 26.9 Å². The molecule has 0 N–H and O–H groups in total. The number of benzene rings is 1. The summed E-state index contributed by atoms with van der Waals surface area (Å²) in [6.45, 7) is 5.21. The average Bonchev–Trinajstić information content (AvgIpc) is 2.98. The van der Waals surface area contributed by atoms with Gasteiger partial charge in [-0.15, -0.1) is 0 Å². The third-order valence-electron chi connectivity index (χ3n) is 3.69. The first kappa shape index (κ1) is 15.9. The first-order valence-electron chi connectivity index (χ1n) is 7.41. The lowest BCUT2D eigenvalue weighted by Gasteiger charge is -2.11. The minimum atomic E-state index is -0.0668. The molecular weight excluding hydrogens is 324 g/mol. The maximum atomic E-state index is 12.8. The lowest BCUT2D eigenvalue weighted by Crippen LogP contribution is -2.31. The van der Waals surface area contributed by atoms with Crippen LogP contribution in [0, 0.1) is 18.5 Å². The number of rotatable bonds is 4. The Bertz CT molecular complexity index is 916. The van der Waals surface area contributed by atoms with Crippen LogP contribution in [0.3, 0.4) is 0 Å². The zero-order chi connectivity index (χ0) is 16.4. The molecule has 0 unspecified atom stereocenters. The topological polar surface area (TPSA) is 26.9 Å². The number of thiophene rings is 1. The van der Waals surface area contributed by atoms with Crippen LogP contribution in [0.2, 0.25) is 0 Å². The highest BCUT2D eigenvalue weighted by Gasteiger charge is 2.06. The highest BCUT2D eigenvalue weighted by Crippen LogP contribution is 2.11. The molecule has 3 nitrogen and oxygen atoms in total. The zero-order valence-corrected chi connectivity index (χ0v) is 14.8. The molecule has 2 aromatic heterocycles. The summed E-state index contributed by atoms with van der Waals surface area (Å²) in [5.41, 5.74) is 4.56. The van der Waals surface area contributed by atoms with E-state index in [9.17, 15) is 4.79 Å². The quantitative estimate of drug-likeness (QED) is 0.666. The number of aromatic nitrogens is 2. The van der Waals surface area contributed by atoms with Gasteiger partial charge in [0.2, 0.25) is 0 Å².